The molecule has 2 saturated heterocycles. The minimum Gasteiger partial charge on any atom is -0.378 e. The van der Waals surface area contributed by atoms with Gasteiger partial charge in [0.2, 0.25) is 0 Å². The fourth-order valence-corrected chi connectivity index (χ4v) is 6.27. The number of hydrogen-bond donors (Lipinski definition) is 3. The first-order valence-corrected chi connectivity index (χ1v) is 13.3. The Kier molecular flexibility index (Phi) is 6.43. The molecule has 4 aromatic rings. The van der Waals surface area contributed by atoms with Crippen LogP contribution in [0.5, 0.6) is 0 Å². The number of nitrogens with one attached hydrogen (secondary N) is 3. The van der Waals surface area contributed by atoms with Crippen molar-refractivity contribution < 1.29 is 9.53 Å². The quantitative estimate of drug-likeness (QED) is 0.382. The largest absolute Gasteiger partial charge is 0.378 e. The third-order valence-corrected chi connectivity index (χ3v) is 7.99. The summed E-state index contributed by atoms with van der Waals surface area (Å²) in [6.07, 6.45) is 3.91. The van der Waals surface area contributed by atoms with E-state index >= 15 is 0 Å². The molecule has 2 aliphatic heterocycles. The van der Waals surface area contributed by atoms with Crippen molar-refractivity contribution in [3.63, 3.8) is 0 Å². The highest BCUT2D eigenvalue weighted by atomic mass is 32.1. The number of aromatic amines is 1. The predicted octanol–water partition coefficient (Wildman–Crippen LogP) is 2.96. The molecule has 10 nitrogen and oxygen atoms in total. The van der Waals surface area contributed by atoms with Gasteiger partial charge in [-0.15, -0.1) is 11.3 Å². The van der Waals surface area contributed by atoms with Gasteiger partial charge in [0, 0.05) is 55.1 Å². The first kappa shape index (κ1) is 23.1. The second-order valence-electron chi connectivity index (χ2n) is 9.33. The number of hydrogen-bond acceptors (Lipinski definition) is 8. The van der Waals surface area contributed by atoms with Crippen molar-refractivity contribution in [3.05, 3.63) is 35.3 Å². The van der Waals surface area contributed by atoms with Crippen molar-refractivity contribution >= 4 is 44.3 Å². The van der Waals surface area contributed by atoms with Gasteiger partial charge in [0.05, 0.1) is 35.1 Å². The lowest BCUT2D eigenvalue weighted by molar-refractivity contribution is 0.122. The number of piperidine rings is 1. The molecule has 3 N–H and O–H groups in total. The van der Waals surface area contributed by atoms with Gasteiger partial charge in [-0.05, 0) is 31.5 Å². The highest BCUT2D eigenvalue weighted by Crippen LogP contribution is 2.36. The van der Waals surface area contributed by atoms with E-state index < -0.39 is 0 Å². The van der Waals surface area contributed by atoms with Gasteiger partial charge in [-0.1, -0.05) is 12.1 Å². The lowest BCUT2D eigenvalue weighted by Gasteiger charge is -2.32. The maximum absolute atomic E-state index is 11.8. The van der Waals surface area contributed by atoms with Crippen LogP contribution in [-0.4, -0.2) is 83.6 Å². The lowest BCUT2D eigenvalue weighted by atomic mass is 10.1. The molecule has 0 radical (unpaired) electrons. The summed E-state index contributed by atoms with van der Waals surface area (Å²) in [5, 5.41) is 14.0. The smallest absolute Gasteiger partial charge is 0.314 e. The molecular weight excluding hydrogens is 476 g/mol. The molecule has 1 aromatic carbocycles. The van der Waals surface area contributed by atoms with Crippen molar-refractivity contribution in [2.75, 3.05) is 51.3 Å². The molecule has 1 atom stereocenters. The number of H-pyrrole nitrogens is 1. The number of nitrogens with zero attached hydrogens (tertiary/aromatic N) is 5. The van der Waals surface area contributed by atoms with E-state index in [1.165, 1.54) is 4.88 Å². The summed E-state index contributed by atoms with van der Waals surface area (Å²) in [6, 6.07) is 8.34. The Balaban J connectivity index is 1.34. The molecule has 2 amide bonds. The molecule has 2 fully saturated rings. The van der Waals surface area contributed by atoms with Crippen LogP contribution in [0.3, 0.4) is 0 Å². The molecule has 0 spiro atoms. The van der Waals surface area contributed by atoms with Crippen LogP contribution < -0.4 is 15.5 Å². The minimum absolute atomic E-state index is 0.116. The zero-order valence-corrected chi connectivity index (χ0v) is 21.1. The Morgan fingerprint density at radius 3 is 3.00 bits per heavy atom. The number of ether oxygens (including phenoxy) is 1. The third kappa shape index (κ3) is 4.61. The molecule has 2 aliphatic rings. The standard InChI is InChI=1S/C25H30N8O2S/c1-26-25(34)28-16-4-3-7-32(14-16)15-17-12-21-22(36-17)24(33-8-10-35-11-9-33)30-23(29-21)18-5-2-6-20-19(18)13-27-31-20/h2,5-6,12-13,16H,3-4,7-11,14-15H2,1H3,(H,27,31)(H2,26,28,34). The fourth-order valence-electron chi connectivity index (χ4n) is 5.11. The van der Waals surface area contributed by atoms with Gasteiger partial charge in [0.1, 0.15) is 0 Å². The van der Waals surface area contributed by atoms with E-state index in [0.29, 0.717) is 19.0 Å². The van der Waals surface area contributed by atoms with Crippen molar-refractivity contribution in [2.24, 2.45) is 0 Å². The molecule has 188 valence electrons. The van der Waals surface area contributed by atoms with Crippen molar-refractivity contribution in [1.29, 1.82) is 0 Å². The number of carbonyl (C=O) groups excluding carboxylic acids is 1. The minimum atomic E-state index is -0.116. The summed E-state index contributed by atoms with van der Waals surface area (Å²) in [6.45, 7) is 5.73. The number of likely N-dealkylation sites (tertiary alicyclic amines) is 1. The zero-order valence-electron chi connectivity index (χ0n) is 20.3. The summed E-state index contributed by atoms with van der Waals surface area (Å²) >= 11 is 1.77. The molecule has 11 heteroatoms. The van der Waals surface area contributed by atoms with Crippen LogP contribution in [0.1, 0.15) is 17.7 Å². The Hall–Kier alpha value is -3.28. The van der Waals surface area contributed by atoms with Gasteiger partial charge in [0.25, 0.3) is 0 Å². The number of fused-ring (bicyclic) bond motifs is 2. The molecule has 5 heterocycles. The first-order valence-electron chi connectivity index (χ1n) is 12.4. The van der Waals surface area contributed by atoms with Gasteiger partial charge in [-0.25, -0.2) is 14.8 Å². The van der Waals surface area contributed by atoms with Gasteiger partial charge in [0.15, 0.2) is 11.6 Å². The molecule has 3 aromatic heterocycles. The molecule has 1 unspecified atom stereocenters. The SMILES string of the molecule is CNC(=O)NC1CCCN(Cc2cc3nc(-c4cccc5[nH]ncc45)nc(N4CCOCC4)c3s2)C1. The average Bonchev–Trinajstić information content (AvgIpc) is 3.55. The topological polar surface area (TPSA) is 111 Å². The summed E-state index contributed by atoms with van der Waals surface area (Å²) < 4.78 is 6.73. The maximum Gasteiger partial charge on any atom is 0.314 e. The number of benzene rings is 1. The van der Waals surface area contributed by atoms with Crippen LogP contribution >= 0.6 is 11.3 Å². The van der Waals surface area contributed by atoms with Crippen LogP contribution in [0.15, 0.2) is 30.5 Å². The van der Waals surface area contributed by atoms with Crippen LogP contribution in [-0.2, 0) is 11.3 Å². The molecule has 0 saturated carbocycles. The van der Waals surface area contributed by atoms with Crippen LogP contribution in [0, 0.1) is 0 Å². The summed E-state index contributed by atoms with van der Waals surface area (Å²) in [5.41, 5.74) is 2.92. The van der Waals surface area contributed by atoms with Crippen LogP contribution in [0.4, 0.5) is 10.6 Å². The number of anilines is 1. The van der Waals surface area contributed by atoms with E-state index in [2.05, 4.69) is 42.8 Å². The number of aromatic nitrogens is 4. The third-order valence-electron chi connectivity index (χ3n) is 6.89. The van der Waals surface area contributed by atoms with Crippen molar-refractivity contribution in [2.45, 2.75) is 25.4 Å². The highest BCUT2D eigenvalue weighted by molar-refractivity contribution is 7.19. The van der Waals surface area contributed by atoms with Crippen LogP contribution in [0.2, 0.25) is 0 Å². The predicted molar refractivity (Wildman–Crippen MR) is 141 cm³/mol. The number of morpholine rings is 1. The number of thiophene rings is 1. The normalized spacial score (nSPS) is 19.1. The van der Waals surface area contributed by atoms with E-state index in [9.17, 15) is 4.79 Å². The van der Waals surface area contributed by atoms with E-state index in [0.717, 1.165) is 78.1 Å². The Bertz CT molecular complexity index is 1380. The van der Waals surface area contributed by atoms with Gasteiger partial charge in [-0.2, -0.15) is 5.10 Å². The van der Waals surface area contributed by atoms with Gasteiger partial charge < -0.3 is 20.3 Å². The van der Waals surface area contributed by atoms with Gasteiger partial charge in [-0.3, -0.25) is 10.00 Å². The molecule has 36 heavy (non-hydrogen) atoms. The second kappa shape index (κ2) is 10.00. The average molecular weight is 507 g/mol. The molecule has 6 rings (SSSR count). The molecule has 0 aliphatic carbocycles. The number of rotatable bonds is 5. The summed E-state index contributed by atoms with van der Waals surface area (Å²) in [7, 11) is 1.65. The van der Waals surface area contributed by atoms with E-state index in [4.69, 9.17) is 14.7 Å². The maximum atomic E-state index is 11.8. The Morgan fingerprint density at radius 1 is 1.25 bits per heavy atom. The highest BCUT2D eigenvalue weighted by Gasteiger charge is 2.24. The second-order valence-corrected chi connectivity index (χ2v) is 10.5. The lowest BCUT2D eigenvalue weighted by Crippen LogP contribution is -2.49. The van der Waals surface area contributed by atoms with Crippen molar-refractivity contribution in [3.8, 4) is 11.4 Å². The first-order chi connectivity index (χ1) is 17.7. The van der Waals surface area contributed by atoms with E-state index in [1.54, 1.807) is 18.4 Å². The fraction of sp³-hybridized carbons (Fsp3) is 0.440. The van der Waals surface area contributed by atoms with E-state index in [1.807, 2.05) is 18.3 Å². The number of urea groups is 1. The van der Waals surface area contributed by atoms with Crippen LogP contribution in [0.25, 0.3) is 32.5 Å². The van der Waals surface area contributed by atoms with E-state index in [-0.39, 0.29) is 12.1 Å². The van der Waals surface area contributed by atoms with Crippen molar-refractivity contribution in [1.82, 2.24) is 35.7 Å². The summed E-state index contributed by atoms with van der Waals surface area (Å²) in [5.74, 6) is 1.70. The Morgan fingerprint density at radius 2 is 2.14 bits per heavy atom. The Labute approximate surface area is 213 Å². The van der Waals surface area contributed by atoms with Gasteiger partial charge >= 0.3 is 6.03 Å². The number of carbonyl (C=O) groups is 1. The number of amides is 2. The summed E-state index contributed by atoms with van der Waals surface area (Å²) in [4.78, 5) is 27.9. The molecular formula is C25H30N8O2S. The zero-order chi connectivity index (χ0) is 24.5. The molecule has 0 bridgehead atoms. The monoisotopic (exact) mass is 506 g/mol.